The number of quaternary nitrogens is 1. The maximum atomic E-state index is 10.6. The average Bonchev–Trinajstić information content (AvgIpc) is 2.53. The summed E-state index contributed by atoms with van der Waals surface area (Å²) in [4.78, 5) is 10.6. The number of nitrogens with zero attached hydrogens (tertiary/aromatic N) is 1. The van der Waals surface area contributed by atoms with E-state index in [1.54, 1.807) is 0 Å². The number of likely N-dealkylation sites (N-methyl/N-ethyl adjacent to an activating group) is 1. The Morgan fingerprint density at radius 1 is 0.760 bits per heavy atom. The van der Waals surface area contributed by atoms with E-state index in [0.717, 1.165) is 6.42 Å². The van der Waals surface area contributed by atoms with Crippen LogP contribution in [0.2, 0.25) is 0 Å². The third-order valence-electron chi connectivity index (χ3n) is 4.77. The van der Waals surface area contributed by atoms with Crippen molar-refractivity contribution in [3.05, 3.63) is 12.3 Å². The zero-order chi connectivity index (χ0) is 18.8. The molecule has 0 aromatic rings. The lowest BCUT2D eigenvalue weighted by Crippen LogP contribution is -2.44. The van der Waals surface area contributed by atoms with Gasteiger partial charge in [-0.2, -0.15) is 0 Å². The van der Waals surface area contributed by atoms with Crippen molar-refractivity contribution in [2.24, 2.45) is 0 Å². The lowest BCUT2D eigenvalue weighted by atomic mass is 10.0. The van der Waals surface area contributed by atoms with Gasteiger partial charge >= 0.3 is 0 Å². The van der Waals surface area contributed by atoms with E-state index in [4.69, 9.17) is 0 Å². The Labute approximate surface area is 157 Å². The Morgan fingerprint density at radius 2 is 1.16 bits per heavy atom. The maximum Gasteiger partial charge on any atom is 0.123 e. The molecule has 0 aromatic heterocycles. The largest absolute Gasteiger partial charge is 0.544 e. The first kappa shape index (κ1) is 24.2. The molecule has 0 heterocycles. The van der Waals surface area contributed by atoms with Gasteiger partial charge in [-0.25, -0.2) is 0 Å². The van der Waals surface area contributed by atoms with Crippen LogP contribution in [0.5, 0.6) is 0 Å². The van der Waals surface area contributed by atoms with E-state index in [1.807, 2.05) is 20.3 Å². The summed E-state index contributed by atoms with van der Waals surface area (Å²) in [5.41, 5.74) is 0. The molecule has 3 nitrogen and oxygen atoms in total. The molecule has 0 spiro atoms. The van der Waals surface area contributed by atoms with Crippen LogP contribution in [-0.4, -0.2) is 31.1 Å². The first-order valence-corrected chi connectivity index (χ1v) is 10.7. The first-order valence-electron chi connectivity index (χ1n) is 10.7. The Hall–Kier alpha value is -0.830. The van der Waals surface area contributed by atoms with Gasteiger partial charge in [0.25, 0.3) is 0 Å². The number of unbranched alkanes of at least 4 members (excludes halogenated alkanes) is 14. The molecule has 3 heteroatoms. The molecule has 0 bridgehead atoms. The molecule has 0 fully saturated rings. The van der Waals surface area contributed by atoms with Crippen LogP contribution in [0.3, 0.4) is 0 Å². The van der Waals surface area contributed by atoms with Crippen LogP contribution in [0.25, 0.3) is 0 Å². The highest BCUT2D eigenvalue weighted by Crippen LogP contribution is 2.13. The van der Waals surface area contributed by atoms with Crippen LogP contribution < -0.4 is 5.11 Å². The summed E-state index contributed by atoms with van der Waals surface area (Å²) in [6, 6.07) is 0. The van der Waals surface area contributed by atoms with E-state index in [0.29, 0.717) is 4.48 Å². The molecular formula is C22H43NO2. The molecule has 0 rings (SSSR count). The van der Waals surface area contributed by atoms with E-state index in [-0.39, 0.29) is 6.54 Å². The fraction of sp³-hybridized carbons (Fsp3) is 0.864. The minimum Gasteiger partial charge on any atom is -0.544 e. The van der Waals surface area contributed by atoms with Crippen LogP contribution in [0.4, 0.5) is 0 Å². The summed E-state index contributed by atoms with van der Waals surface area (Å²) >= 11 is 0. The number of carboxylic acids is 1. The van der Waals surface area contributed by atoms with Crippen molar-refractivity contribution in [3.63, 3.8) is 0 Å². The number of carbonyl (C=O) groups excluding carboxylic acids is 1. The van der Waals surface area contributed by atoms with Crippen LogP contribution in [0.1, 0.15) is 103 Å². The van der Waals surface area contributed by atoms with Gasteiger partial charge in [-0.1, -0.05) is 90.4 Å². The SMILES string of the molecule is CCCCCCCCCCCCCCCCC=C[N+](C)(C)CC(=O)[O-]. The standard InChI is InChI=1S/C22H43NO2/c1-4-5-6-7-8-9-10-11-12-13-14-15-16-17-18-19-20-23(2,3)21-22(24)25/h19-20H,4-18,21H2,1-3H3. The smallest absolute Gasteiger partial charge is 0.123 e. The summed E-state index contributed by atoms with van der Waals surface area (Å²) in [5, 5.41) is 10.6. The van der Waals surface area contributed by atoms with E-state index < -0.39 is 5.97 Å². The molecule has 0 atom stereocenters. The monoisotopic (exact) mass is 353 g/mol. The Morgan fingerprint density at radius 3 is 1.56 bits per heavy atom. The predicted octanol–water partition coefficient (Wildman–Crippen LogP) is 5.20. The molecule has 148 valence electrons. The lowest BCUT2D eigenvalue weighted by molar-refractivity contribution is -0.833. The highest BCUT2D eigenvalue weighted by molar-refractivity contribution is 5.65. The zero-order valence-electron chi connectivity index (χ0n) is 17.2. The molecule has 0 saturated carbocycles. The van der Waals surface area contributed by atoms with Crippen molar-refractivity contribution in [2.45, 2.75) is 103 Å². The van der Waals surface area contributed by atoms with E-state index in [1.165, 1.54) is 89.9 Å². The van der Waals surface area contributed by atoms with Gasteiger partial charge in [-0.3, -0.25) is 4.48 Å². The molecule has 0 aliphatic heterocycles. The van der Waals surface area contributed by atoms with Crippen molar-refractivity contribution in [2.75, 3.05) is 20.6 Å². The van der Waals surface area contributed by atoms with Gasteiger partial charge in [0.1, 0.15) is 6.54 Å². The lowest BCUT2D eigenvalue weighted by Gasteiger charge is -2.25. The molecule has 0 N–H and O–H groups in total. The number of carbonyl (C=O) groups is 1. The van der Waals surface area contributed by atoms with Gasteiger partial charge in [0, 0.05) is 0 Å². The number of allylic oxidation sites excluding steroid dienone is 1. The van der Waals surface area contributed by atoms with Crippen LogP contribution in [0.15, 0.2) is 12.3 Å². The predicted molar refractivity (Wildman–Crippen MR) is 106 cm³/mol. The number of aliphatic carboxylic acids is 1. The van der Waals surface area contributed by atoms with E-state index in [9.17, 15) is 9.90 Å². The summed E-state index contributed by atoms with van der Waals surface area (Å²) in [6.07, 6.45) is 24.5. The third-order valence-corrected chi connectivity index (χ3v) is 4.77. The van der Waals surface area contributed by atoms with Crippen molar-refractivity contribution >= 4 is 5.97 Å². The molecule has 0 radical (unpaired) electrons. The number of rotatable bonds is 18. The van der Waals surface area contributed by atoms with Crippen molar-refractivity contribution in [1.29, 1.82) is 0 Å². The molecule has 0 saturated heterocycles. The molecule has 0 aliphatic carbocycles. The fourth-order valence-electron chi connectivity index (χ4n) is 3.20. The van der Waals surface area contributed by atoms with Crippen molar-refractivity contribution in [3.8, 4) is 0 Å². The molecular weight excluding hydrogens is 310 g/mol. The van der Waals surface area contributed by atoms with Gasteiger partial charge in [0.2, 0.25) is 0 Å². The highest BCUT2D eigenvalue weighted by Gasteiger charge is 2.10. The number of carboxylic acid groups (broad SMARTS) is 1. The van der Waals surface area contributed by atoms with E-state index >= 15 is 0 Å². The van der Waals surface area contributed by atoms with Crippen LogP contribution in [-0.2, 0) is 4.79 Å². The second kappa shape index (κ2) is 16.6. The third kappa shape index (κ3) is 19.3. The second-order valence-electron chi connectivity index (χ2n) is 8.08. The maximum absolute atomic E-state index is 10.6. The van der Waals surface area contributed by atoms with E-state index in [2.05, 4.69) is 13.0 Å². The highest BCUT2D eigenvalue weighted by atomic mass is 16.4. The Bertz CT molecular complexity index is 337. The molecule has 0 unspecified atom stereocenters. The summed E-state index contributed by atoms with van der Waals surface area (Å²) in [7, 11) is 3.77. The van der Waals surface area contributed by atoms with Crippen molar-refractivity contribution in [1.82, 2.24) is 0 Å². The normalized spacial score (nSPS) is 12.1. The van der Waals surface area contributed by atoms with Gasteiger partial charge < -0.3 is 9.90 Å². The molecule has 25 heavy (non-hydrogen) atoms. The number of hydrogen-bond acceptors (Lipinski definition) is 2. The summed E-state index contributed by atoms with van der Waals surface area (Å²) in [5.74, 6) is -0.994. The first-order chi connectivity index (χ1) is 12.0. The minimum atomic E-state index is -0.994. The Kier molecular flexibility index (Phi) is 16.1. The quantitative estimate of drug-likeness (QED) is 0.251. The van der Waals surface area contributed by atoms with Gasteiger partial charge in [-0.15, -0.1) is 0 Å². The van der Waals surface area contributed by atoms with Gasteiger partial charge in [0.15, 0.2) is 0 Å². The second-order valence-corrected chi connectivity index (χ2v) is 8.08. The van der Waals surface area contributed by atoms with Crippen LogP contribution in [0, 0.1) is 0 Å². The topological polar surface area (TPSA) is 40.1 Å². The van der Waals surface area contributed by atoms with Crippen LogP contribution >= 0.6 is 0 Å². The Balaban J connectivity index is 3.27. The fourth-order valence-corrected chi connectivity index (χ4v) is 3.20. The van der Waals surface area contributed by atoms with Gasteiger partial charge in [0.05, 0.1) is 26.3 Å². The summed E-state index contributed by atoms with van der Waals surface area (Å²) < 4.78 is 0.362. The molecule has 0 amide bonds. The summed E-state index contributed by atoms with van der Waals surface area (Å²) in [6.45, 7) is 2.31. The van der Waals surface area contributed by atoms with Gasteiger partial charge in [-0.05, 0) is 18.9 Å². The molecule has 0 aromatic carbocycles. The zero-order valence-corrected chi connectivity index (χ0v) is 17.2. The van der Waals surface area contributed by atoms with Crippen molar-refractivity contribution < 1.29 is 14.4 Å². The average molecular weight is 354 g/mol. The number of hydrogen-bond donors (Lipinski definition) is 0. The molecule has 0 aliphatic rings. The minimum absolute atomic E-state index is 0.0369.